The van der Waals surface area contributed by atoms with E-state index in [0.717, 1.165) is 22.9 Å². The van der Waals surface area contributed by atoms with Gasteiger partial charge in [0.15, 0.2) is 0 Å². The molecule has 1 aliphatic rings. The molecule has 1 aromatic rings. The summed E-state index contributed by atoms with van der Waals surface area (Å²) in [5.41, 5.74) is 6.26. The number of carbonyl (C=O) groups excluding carboxylic acids is 1. The van der Waals surface area contributed by atoms with E-state index in [-0.39, 0.29) is 18.3 Å². The maximum absolute atomic E-state index is 11.5. The Bertz CT molecular complexity index is 376. The zero-order valence-corrected chi connectivity index (χ0v) is 11.1. The maximum Gasteiger partial charge on any atom is 0.240 e. The normalized spacial score (nSPS) is 16.1. The topological polar surface area (TPSA) is 55.1 Å². The third-order valence-electron chi connectivity index (χ3n) is 2.61. The lowest BCUT2D eigenvalue weighted by Gasteiger charge is -2.09. The minimum Gasteiger partial charge on any atom is -0.350 e. The van der Waals surface area contributed by atoms with Crippen molar-refractivity contribution in [2.24, 2.45) is 5.73 Å². The Morgan fingerprint density at radius 1 is 1.38 bits per heavy atom. The molecule has 3 nitrogen and oxygen atoms in total. The molecular formula is C11H14BrClN2O. The van der Waals surface area contributed by atoms with Crippen molar-refractivity contribution in [1.82, 2.24) is 5.32 Å². The summed E-state index contributed by atoms with van der Waals surface area (Å²) >= 11 is 3.36. The molecule has 1 saturated carbocycles. The molecular weight excluding hydrogens is 291 g/mol. The number of carbonyl (C=O) groups is 1. The minimum absolute atomic E-state index is 0. The molecule has 0 unspecified atom stereocenters. The second-order valence-corrected chi connectivity index (χ2v) is 4.88. The fourth-order valence-electron chi connectivity index (χ4n) is 1.32. The van der Waals surface area contributed by atoms with E-state index in [1.807, 2.05) is 24.3 Å². The summed E-state index contributed by atoms with van der Waals surface area (Å²) in [6.07, 6.45) is 1.61. The molecule has 2 rings (SSSR count). The zero-order chi connectivity index (χ0) is 10.9. The first kappa shape index (κ1) is 13.5. The van der Waals surface area contributed by atoms with Gasteiger partial charge in [0.25, 0.3) is 0 Å². The van der Waals surface area contributed by atoms with Crippen LogP contribution in [-0.2, 0) is 11.3 Å². The van der Waals surface area contributed by atoms with Gasteiger partial charge in [0.05, 0.1) is 5.54 Å². The molecule has 88 valence electrons. The maximum atomic E-state index is 11.5. The number of benzene rings is 1. The first-order chi connectivity index (χ1) is 7.10. The van der Waals surface area contributed by atoms with Gasteiger partial charge in [-0.25, -0.2) is 0 Å². The molecule has 0 aromatic heterocycles. The Hall–Kier alpha value is -0.580. The molecule has 1 aliphatic carbocycles. The van der Waals surface area contributed by atoms with Crippen molar-refractivity contribution in [3.8, 4) is 0 Å². The molecule has 0 radical (unpaired) electrons. The van der Waals surface area contributed by atoms with E-state index in [4.69, 9.17) is 5.73 Å². The summed E-state index contributed by atoms with van der Waals surface area (Å²) in [6.45, 7) is 0.547. The number of halogens is 2. The molecule has 0 aliphatic heterocycles. The standard InChI is InChI=1S/C11H13BrN2O.ClH/c12-9-3-1-8(2-4-9)7-14-10(15)11(13)5-6-11;/h1-4H,5-7,13H2,(H,14,15);1H. The third kappa shape index (κ3) is 3.20. The van der Waals surface area contributed by atoms with Crippen molar-refractivity contribution in [2.45, 2.75) is 24.9 Å². The van der Waals surface area contributed by atoms with E-state index in [1.165, 1.54) is 0 Å². The van der Waals surface area contributed by atoms with Gasteiger partial charge in [-0.2, -0.15) is 0 Å². The molecule has 0 bridgehead atoms. The number of nitrogens with two attached hydrogens (primary N) is 1. The van der Waals surface area contributed by atoms with E-state index in [2.05, 4.69) is 21.2 Å². The van der Waals surface area contributed by atoms with E-state index in [1.54, 1.807) is 0 Å². The molecule has 0 heterocycles. The van der Waals surface area contributed by atoms with Crippen LogP contribution >= 0.6 is 28.3 Å². The van der Waals surface area contributed by atoms with Crippen LogP contribution in [0.1, 0.15) is 18.4 Å². The van der Waals surface area contributed by atoms with E-state index >= 15 is 0 Å². The third-order valence-corrected chi connectivity index (χ3v) is 3.14. The Morgan fingerprint density at radius 2 is 1.94 bits per heavy atom. The predicted molar refractivity (Wildman–Crippen MR) is 69.4 cm³/mol. The van der Waals surface area contributed by atoms with Crippen LogP contribution in [0.15, 0.2) is 28.7 Å². The van der Waals surface area contributed by atoms with Crippen LogP contribution in [0, 0.1) is 0 Å². The SMILES string of the molecule is Cl.NC1(C(=O)NCc2ccc(Br)cc2)CC1. The molecule has 0 atom stereocenters. The Kier molecular flexibility index (Phi) is 4.35. The van der Waals surface area contributed by atoms with Crippen molar-refractivity contribution in [1.29, 1.82) is 0 Å². The van der Waals surface area contributed by atoms with Crippen LogP contribution in [0.4, 0.5) is 0 Å². The number of rotatable bonds is 3. The van der Waals surface area contributed by atoms with Gasteiger partial charge in [0.2, 0.25) is 5.91 Å². The molecule has 0 spiro atoms. The molecule has 0 saturated heterocycles. The predicted octanol–water partition coefficient (Wildman–Crippen LogP) is 1.98. The average Bonchev–Trinajstić information content (AvgIpc) is 2.97. The van der Waals surface area contributed by atoms with Gasteiger partial charge >= 0.3 is 0 Å². The smallest absolute Gasteiger partial charge is 0.240 e. The summed E-state index contributed by atoms with van der Waals surface area (Å²) in [4.78, 5) is 11.5. The van der Waals surface area contributed by atoms with Crippen LogP contribution in [-0.4, -0.2) is 11.4 Å². The van der Waals surface area contributed by atoms with E-state index in [9.17, 15) is 4.79 Å². The first-order valence-electron chi connectivity index (χ1n) is 4.92. The van der Waals surface area contributed by atoms with Gasteiger partial charge in [-0.3, -0.25) is 4.79 Å². The fraction of sp³-hybridized carbons (Fsp3) is 0.364. The number of nitrogens with one attached hydrogen (secondary N) is 1. The summed E-state index contributed by atoms with van der Waals surface area (Å²) in [6, 6.07) is 7.86. The molecule has 1 amide bonds. The molecule has 5 heteroatoms. The van der Waals surface area contributed by atoms with Gasteiger partial charge in [0, 0.05) is 11.0 Å². The van der Waals surface area contributed by atoms with Crippen molar-refractivity contribution in [3.05, 3.63) is 34.3 Å². The fourth-order valence-corrected chi connectivity index (χ4v) is 1.59. The number of hydrogen-bond acceptors (Lipinski definition) is 2. The second kappa shape index (κ2) is 5.17. The van der Waals surface area contributed by atoms with Crippen molar-refractivity contribution < 1.29 is 4.79 Å². The zero-order valence-electron chi connectivity index (χ0n) is 8.70. The van der Waals surface area contributed by atoms with Crippen molar-refractivity contribution in [2.75, 3.05) is 0 Å². The average molecular weight is 306 g/mol. The lowest BCUT2D eigenvalue weighted by Crippen LogP contribution is -2.42. The van der Waals surface area contributed by atoms with Gasteiger partial charge < -0.3 is 11.1 Å². The van der Waals surface area contributed by atoms with Crippen molar-refractivity contribution in [3.63, 3.8) is 0 Å². The monoisotopic (exact) mass is 304 g/mol. The summed E-state index contributed by atoms with van der Waals surface area (Å²) in [5, 5.41) is 2.84. The van der Waals surface area contributed by atoms with E-state index < -0.39 is 5.54 Å². The quantitative estimate of drug-likeness (QED) is 0.897. The Labute approximate surface area is 109 Å². The van der Waals surface area contributed by atoms with Gasteiger partial charge in [-0.05, 0) is 30.5 Å². The molecule has 3 N–H and O–H groups in total. The second-order valence-electron chi connectivity index (χ2n) is 3.97. The minimum atomic E-state index is -0.574. The van der Waals surface area contributed by atoms with E-state index in [0.29, 0.717) is 6.54 Å². The number of amides is 1. The Morgan fingerprint density at radius 3 is 2.44 bits per heavy atom. The highest BCUT2D eigenvalue weighted by molar-refractivity contribution is 9.10. The first-order valence-corrected chi connectivity index (χ1v) is 5.71. The molecule has 1 fully saturated rings. The lowest BCUT2D eigenvalue weighted by atomic mass is 10.2. The van der Waals surface area contributed by atoms with Crippen LogP contribution in [0.3, 0.4) is 0 Å². The van der Waals surface area contributed by atoms with Gasteiger partial charge in [-0.1, -0.05) is 28.1 Å². The van der Waals surface area contributed by atoms with Crippen LogP contribution in [0.5, 0.6) is 0 Å². The number of hydrogen-bond donors (Lipinski definition) is 2. The largest absolute Gasteiger partial charge is 0.350 e. The lowest BCUT2D eigenvalue weighted by molar-refractivity contribution is -0.123. The van der Waals surface area contributed by atoms with Crippen LogP contribution < -0.4 is 11.1 Å². The van der Waals surface area contributed by atoms with Gasteiger partial charge in [-0.15, -0.1) is 12.4 Å². The highest BCUT2D eigenvalue weighted by atomic mass is 79.9. The van der Waals surface area contributed by atoms with Crippen LogP contribution in [0.2, 0.25) is 0 Å². The van der Waals surface area contributed by atoms with Crippen molar-refractivity contribution >= 4 is 34.2 Å². The summed E-state index contributed by atoms with van der Waals surface area (Å²) < 4.78 is 1.04. The summed E-state index contributed by atoms with van der Waals surface area (Å²) in [5.74, 6) is -0.0366. The Balaban J connectivity index is 0.00000128. The highest BCUT2D eigenvalue weighted by Gasteiger charge is 2.45. The van der Waals surface area contributed by atoms with Crippen LogP contribution in [0.25, 0.3) is 0 Å². The highest BCUT2D eigenvalue weighted by Crippen LogP contribution is 2.32. The van der Waals surface area contributed by atoms with Gasteiger partial charge in [0.1, 0.15) is 0 Å². The molecule has 1 aromatic carbocycles. The molecule has 16 heavy (non-hydrogen) atoms. The summed E-state index contributed by atoms with van der Waals surface area (Å²) in [7, 11) is 0.